The van der Waals surface area contributed by atoms with Crippen LogP contribution in [0.5, 0.6) is 0 Å². The highest BCUT2D eigenvalue weighted by molar-refractivity contribution is 6.07. The highest BCUT2D eigenvalue weighted by Crippen LogP contribution is 2.38. The van der Waals surface area contributed by atoms with Crippen molar-refractivity contribution in [3.63, 3.8) is 0 Å². The van der Waals surface area contributed by atoms with Crippen LogP contribution in [0.15, 0.2) is 28.7 Å². The van der Waals surface area contributed by atoms with E-state index in [-0.39, 0.29) is 17.0 Å². The maximum atomic E-state index is 14.7. The van der Waals surface area contributed by atoms with Gasteiger partial charge in [-0.3, -0.25) is 9.59 Å². The Bertz CT molecular complexity index is 1190. The highest BCUT2D eigenvalue weighted by atomic mass is 19.1. The largest absolute Gasteiger partial charge is 0.455 e. The lowest BCUT2D eigenvalue weighted by molar-refractivity contribution is 0.0898. The van der Waals surface area contributed by atoms with Crippen LogP contribution in [0.1, 0.15) is 63.9 Å². The Morgan fingerprint density at radius 1 is 1.20 bits per heavy atom. The molecular weight excluding hydrogens is 385 g/mol. The average Bonchev–Trinajstić information content (AvgIpc) is 3.12. The van der Waals surface area contributed by atoms with Gasteiger partial charge in [-0.05, 0) is 50.5 Å². The molecule has 1 aromatic carbocycles. The Kier molecular flexibility index (Phi) is 4.64. The first-order chi connectivity index (χ1) is 14.1. The third kappa shape index (κ3) is 3.44. The third-order valence-electron chi connectivity index (χ3n) is 5.43. The van der Waals surface area contributed by atoms with Crippen LogP contribution in [0.3, 0.4) is 0 Å². The van der Waals surface area contributed by atoms with Gasteiger partial charge in [-0.1, -0.05) is 13.8 Å². The molecule has 0 saturated heterocycles. The lowest BCUT2D eigenvalue weighted by Crippen LogP contribution is -2.26. The van der Waals surface area contributed by atoms with E-state index in [1.54, 1.807) is 19.1 Å². The first-order valence-electron chi connectivity index (χ1n) is 9.86. The van der Waals surface area contributed by atoms with Crippen molar-refractivity contribution in [2.24, 2.45) is 5.41 Å². The van der Waals surface area contributed by atoms with Crippen molar-refractivity contribution >= 4 is 17.4 Å². The molecule has 3 aromatic rings. The van der Waals surface area contributed by atoms with Crippen LogP contribution in [0, 0.1) is 32.0 Å². The van der Waals surface area contributed by atoms with Crippen molar-refractivity contribution in [1.29, 1.82) is 0 Å². The monoisotopic (exact) mass is 409 g/mol. The lowest BCUT2D eigenvalue weighted by Gasteiger charge is -2.27. The molecule has 0 unspecified atom stereocenters. The molecule has 0 spiro atoms. The molecule has 0 atom stereocenters. The molecule has 0 radical (unpaired) electrons. The van der Waals surface area contributed by atoms with Gasteiger partial charge in [0.2, 0.25) is 0 Å². The van der Waals surface area contributed by atoms with E-state index >= 15 is 0 Å². The summed E-state index contributed by atoms with van der Waals surface area (Å²) in [6, 6.07) is 6.28. The number of anilines is 1. The number of ketones is 1. The summed E-state index contributed by atoms with van der Waals surface area (Å²) in [5.41, 5.74) is 3.03. The number of rotatable bonds is 3. The van der Waals surface area contributed by atoms with Crippen molar-refractivity contribution in [1.82, 2.24) is 9.78 Å². The normalized spacial score (nSPS) is 15.2. The fourth-order valence-corrected chi connectivity index (χ4v) is 4.12. The van der Waals surface area contributed by atoms with Crippen molar-refractivity contribution in [2.45, 2.75) is 47.5 Å². The molecule has 30 heavy (non-hydrogen) atoms. The van der Waals surface area contributed by atoms with E-state index in [9.17, 15) is 14.0 Å². The van der Waals surface area contributed by atoms with Gasteiger partial charge in [0.05, 0.1) is 11.3 Å². The van der Waals surface area contributed by atoms with Crippen molar-refractivity contribution in [3.05, 3.63) is 64.1 Å². The zero-order valence-electron chi connectivity index (χ0n) is 17.7. The molecule has 1 N–H and O–H groups in total. The minimum atomic E-state index is -0.509. The average molecular weight is 409 g/mol. The maximum absolute atomic E-state index is 14.7. The number of nitrogens with zero attached hydrogens (tertiary/aromatic N) is 2. The number of carbonyl (C=O) groups is 2. The molecule has 1 amide bonds. The van der Waals surface area contributed by atoms with Gasteiger partial charge in [0.1, 0.15) is 11.4 Å². The molecule has 2 heterocycles. The Morgan fingerprint density at radius 2 is 1.93 bits per heavy atom. The first kappa shape index (κ1) is 20.1. The number of furan rings is 1. The summed E-state index contributed by atoms with van der Waals surface area (Å²) in [5, 5.41) is 6.96. The van der Waals surface area contributed by atoms with Gasteiger partial charge in [0.25, 0.3) is 5.91 Å². The summed E-state index contributed by atoms with van der Waals surface area (Å²) in [7, 11) is 0. The zero-order valence-corrected chi connectivity index (χ0v) is 17.7. The zero-order chi connectivity index (χ0) is 21.8. The third-order valence-corrected chi connectivity index (χ3v) is 5.43. The minimum absolute atomic E-state index is 0.0122. The Balaban J connectivity index is 1.60. The molecule has 6 nitrogen and oxygen atoms in total. The molecule has 1 aliphatic carbocycles. The molecule has 0 bridgehead atoms. The standard InChI is InChI=1S/C23H24FN3O3/c1-12-8-13(2)27(26-12)17-7-6-15(9-16(17)24)25-22(29)21-14(3)20-18(28)10-23(4,5)11-19(20)30-21/h6-9H,10-11H2,1-5H3,(H,25,29). The van der Waals surface area contributed by atoms with Gasteiger partial charge in [0.15, 0.2) is 17.4 Å². The minimum Gasteiger partial charge on any atom is -0.455 e. The maximum Gasteiger partial charge on any atom is 0.291 e. The SMILES string of the molecule is Cc1cc(C)n(-c2ccc(NC(=O)c3oc4c(c3C)C(=O)CC(C)(C)C4)cc2F)n1. The molecular formula is C23H24FN3O3. The van der Waals surface area contributed by atoms with Crippen LogP contribution in [-0.2, 0) is 6.42 Å². The summed E-state index contributed by atoms with van der Waals surface area (Å²) < 4.78 is 22.0. The second-order valence-electron chi connectivity index (χ2n) is 8.75. The predicted molar refractivity (Wildman–Crippen MR) is 111 cm³/mol. The number of halogens is 1. The van der Waals surface area contributed by atoms with Crippen LogP contribution < -0.4 is 5.32 Å². The van der Waals surface area contributed by atoms with E-state index in [4.69, 9.17) is 4.42 Å². The second kappa shape index (κ2) is 6.93. The number of hydrogen-bond donors (Lipinski definition) is 1. The van der Waals surface area contributed by atoms with Gasteiger partial charge in [-0.25, -0.2) is 9.07 Å². The number of carbonyl (C=O) groups excluding carboxylic acids is 2. The van der Waals surface area contributed by atoms with Crippen LogP contribution >= 0.6 is 0 Å². The predicted octanol–water partition coefficient (Wildman–Crippen LogP) is 4.94. The van der Waals surface area contributed by atoms with Gasteiger partial charge in [-0.2, -0.15) is 5.10 Å². The van der Waals surface area contributed by atoms with Crippen LogP contribution in [0.25, 0.3) is 5.69 Å². The molecule has 0 saturated carbocycles. The lowest BCUT2D eigenvalue weighted by atomic mass is 9.76. The summed E-state index contributed by atoms with van der Waals surface area (Å²) in [6.45, 7) is 9.39. The fourth-order valence-electron chi connectivity index (χ4n) is 4.12. The quantitative estimate of drug-likeness (QED) is 0.665. The van der Waals surface area contributed by atoms with E-state index in [1.807, 2.05) is 33.8 Å². The molecule has 0 fully saturated rings. The van der Waals surface area contributed by atoms with Crippen LogP contribution in [-0.4, -0.2) is 21.5 Å². The van der Waals surface area contributed by atoms with E-state index in [1.165, 1.54) is 10.7 Å². The fraction of sp³-hybridized carbons (Fsp3) is 0.348. The number of benzene rings is 1. The number of Topliss-reactive ketones (excluding diaryl/α,β-unsaturated/α-hetero) is 1. The van der Waals surface area contributed by atoms with Gasteiger partial charge < -0.3 is 9.73 Å². The number of aromatic nitrogens is 2. The Labute approximate surface area is 174 Å². The van der Waals surface area contributed by atoms with Crippen LogP contribution in [0.2, 0.25) is 0 Å². The van der Waals surface area contributed by atoms with Gasteiger partial charge in [0, 0.05) is 29.8 Å². The summed E-state index contributed by atoms with van der Waals surface area (Å²) >= 11 is 0. The van der Waals surface area contributed by atoms with Crippen LogP contribution in [0.4, 0.5) is 10.1 Å². The summed E-state index contributed by atoms with van der Waals surface area (Å²) in [5.74, 6) is -0.391. The van der Waals surface area contributed by atoms with E-state index in [0.29, 0.717) is 41.1 Å². The number of nitrogens with one attached hydrogen (secondary N) is 1. The molecule has 0 aliphatic heterocycles. The second-order valence-corrected chi connectivity index (χ2v) is 8.75. The smallest absolute Gasteiger partial charge is 0.291 e. The molecule has 7 heteroatoms. The first-order valence-corrected chi connectivity index (χ1v) is 9.86. The molecule has 156 valence electrons. The Hall–Kier alpha value is -3.22. The number of aryl methyl sites for hydroxylation is 2. The number of amides is 1. The Morgan fingerprint density at radius 3 is 2.57 bits per heavy atom. The molecule has 4 rings (SSSR count). The van der Waals surface area contributed by atoms with Gasteiger partial charge >= 0.3 is 0 Å². The molecule has 1 aliphatic rings. The molecule has 2 aromatic heterocycles. The highest BCUT2D eigenvalue weighted by Gasteiger charge is 2.37. The van der Waals surface area contributed by atoms with E-state index in [2.05, 4.69) is 10.4 Å². The van der Waals surface area contributed by atoms with Gasteiger partial charge in [-0.15, -0.1) is 0 Å². The van der Waals surface area contributed by atoms with E-state index in [0.717, 1.165) is 11.4 Å². The topological polar surface area (TPSA) is 77.1 Å². The van der Waals surface area contributed by atoms with Crippen molar-refractivity contribution in [3.8, 4) is 5.69 Å². The summed E-state index contributed by atoms with van der Waals surface area (Å²) in [4.78, 5) is 25.3. The van der Waals surface area contributed by atoms with Crippen molar-refractivity contribution < 1.29 is 18.4 Å². The van der Waals surface area contributed by atoms with E-state index < -0.39 is 11.7 Å². The van der Waals surface area contributed by atoms with Crippen molar-refractivity contribution in [2.75, 3.05) is 5.32 Å². The number of hydrogen-bond acceptors (Lipinski definition) is 4. The summed E-state index contributed by atoms with van der Waals surface area (Å²) in [6.07, 6.45) is 1.01. The number of fused-ring (bicyclic) bond motifs is 1.